The van der Waals surface area contributed by atoms with Crippen LogP contribution in [0.1, 0.15) is 28.4 Å². The third-order valence-corrected chi connectivity index (χ3v) is 6.00. The number of ether oxygens (including phenoxy) is 3. The molecule has 164 valence electrons. The van der Waals surface area contributed by atoms with Crippen LogP contribution in [0.15, 0.2) is 60.7 Å². The van der Waals surface area contributed by atoms with Gasteiger partial charge in [-0.25, -0.2) is 4.39 Å². The van der Waals surface area contributed by atoms with Crippen molar-refractivity contribution in [2.75, 3.05) is 20.8 Å². The van der Waals surface area contributed by atoms with Crippen molar-refractivity contribution in [3.8, 4) is 17.2 Å². The molecule has 0 spiro atoms. The summed E-state index contributed by atoms with van der Waals surface area (Å²) in [5.74, 6) is 1.95. The zero-order valence-electron chi connectivity index (χ0n) is 18.1. The van der Waals surface area contributed by atoms with Gasteiger partial charge in [0.05, 0.1) is 20.3 Å². The van der Waals surface area contributed by atoms with Gasteiger partial charge in [-0.3, -0.25) is 0 Å². The van der Waals surface area contributed by atoms with Gasteiger partial charge < -0.3 is 24.5 Å². The third kappa shape index (κ3) is 3.78. The number of hydrogen-bond donors (Lipinski definition) is 2. The molecule has 2 N–H and O–H groups in total. The van der Waals surface area contributed by atoms with Crippen LogP contribution in [0.2, 0.25) is 0 Å². The number of rotatable bonds is 6. The average molecular weight is 432 g/mol. The van der Waals surface area contributed by atoms with Gasteiger partial charge in [-0.1, -0.05) is 6.07 Å². The van der Waals surface area contributed by atoms with E-state index in [9.17, 15) is 4.39 Å². The van der Waals surface area contributed by atoms with Crippen LogP contribution in [0.4, 0.5) is 4.39 Å². The minimum atomic E-state index is -0.285. The molecule has 0 radical (unpaired) electrons. The largest absolute Gasteiger partial charge is 0.497 e. The maximum atomic E-state index is 13.2. The molecule has 5 rings (SSSR count). The van der Waals surface area contributed by atoms with Crippen LogP contribution >= 0.6 is 0 Å². The lowest BCUT2D eigenvalue weighted by molar-refractivity contribution is 0.296. The molecule has 1 aliphatic heterocycles. The first-order valence-corrected chi connectivity index (χ1v) is 10.6. The molecule has 3 aromatic carbocycles. The standard InChI is InChI=1S/C26H25FN2O3/c1-30-20-8-9-23-22(14-20)21-11-12-28-25(26(21)29-23)16-3-10-24(31-2)17(13-16)15-32-19-6-4-18(27)5-7-19/h3-10,13-14,25,28-29H,11-12,15H2,1-2H3/t25-/m1/s1. The Kier molecular flexibility index (Phi) is 5.45. The fourth-order valence-electron chi connectivity index (χ4n) is 4.40. The number of hydrogen-bond acceptors (Lipinski definition) is 4. The van der Waals surface area contributed by atoms with E-state index in [2.05, 4.69) is 34.6 Å². The molecule has 0 aliphatic carbocycles. The van der Waals surface area contributed by atoms with Crippen molar-refractivity contribution >= 4 is 10.9 Å². The summed E-state index contributed by atoms with van der Waals surface area (Å²) >= 11 is 0. The molecule has 0 fully saturated rings. The van der Waals surface area contributed by atoms with Gasteiger partial charge in [-0.15, -0.1) is 0 Å². The molecular formula is C26H25FN2O3. The molecule has 0 saturated carbocycles. The number of fused-ring (bicyclic) bond motifs is 3. The number of aromatic nitrogens is 1. The lowest BCUT2D eigenvalue weighted by Gasteiger charge is -2.25. The van der Waals surface area contributed by atoms with E-state index in [0.29, 0.717) is 12.4 Å². The molecule has 1 aromatic heterocycles. The van der Waals surface area contributed by atoms with E-state index in [4.69, 9.17) is 14.2 Å². The normalized spacial score (nSPS) is 15.4. The number of nitrogens with one attached hydrogen (secondary N) is 2. The summed E-state index contributed by atoms with van der Waals surface area (Å²) in [7, 11) is 3.34. The van der Waals surface area contributed by atoms with Crippen molar-refractivity contribution < 1.29 is 18.6 Å². The van der Waals surface area contributed by atoms with E-state index in [1.807, 2.05) is 12.1 Å². The first kappa shape index (κ1) is 20.4. The highest BCUT2D eigenvalue weighted by Crippen LogP contribution is 2.36. The van der Waals surface area contributed by atoms with Crippen LogP contribution in [0.5, 0.6) is 17.2 Å². The summed E-state index contributed by atoms with van der Waals surface area (Å²) in [5.41, 5.74) is 5.67. The highest BCUT2D eigenvalue weighted by Gasteiger charge is 2.26. The van der Waals surface area contributed by atoms with Crippen LogP contribution in [-0.4, -0.2) is 25.7 Å². The van der Waals surface area contributed by atoms with E-state index >= 15 is 0 Å². The van der Waals surface area contributed by atoms with Crippen LogP contribution in [0.25, 0.3) is 10.9 Å². The van der Waals surface area contributed by atoms with Crippen molar-refractivity contribution in [3.05, 3.63) is 88.9 Å². The molecular weight excluding hydrogens is 407 g/mol. The number of aromatic amines is 1. The SMILES string of the molecule is COc1ccc2[nH]c3c(c2c1)CCN[C@@H]3c1ccc(OC)c(COc2ccc(F)cc2)c1. The average Bonchev–Trinajstić information content (AvgIpc) is 3.21. The topological polar surface area (TPSA) is 55.5 Å². The fraction of sp³-hybridized carbons (Fsp3) is 0.231. The Hall–Kier alpha value is -3.51. The fourth-order valence-corrected chi connectivity index (χ4v) is 4.40. The summed E-state index contributed by atoms with van der Waals surface area (Å²) in [5, 5.41) is 4.85. The molecule has 2 heterocycles. The molecule has 0 unspecified atom stereocenters. The molecule has 0 bridgehead atoms. The van der Waals surface area contributed by atoms with Gasteiger partial charge >= 0.3 is 0 Å². The number of methoxy groups -OCH3 is 2. The lowest BCUT2D eigenvalue weighted by Crippen LogP contribution is -2.30. The van der Waals surface area contributed by atoms with Crippen LogP contribution in [0.3, 0.4) is 0 Å². The molecule has 5 nitrogen and oxygen atoms in total. The van der Waals surface area contributed by atoms with Gasteiger partial charge in [0.2, 0.25) is 0 Å². The zero-order chi connectivity index (χ0) is 22.1. The van der Waals surface area contributed by atoms with E-state index in [0.717, 1.165) is 41.1 Å². The van der Waals surface area contributed by atoms with Gasteiger partial charge in [-0.2, -0.15) is 0 Å². The van der Waals surface area contributed by atoms with E-state index in [1.165, 1.54) is 28.8 Å². The summed E-state index contributed by atoms with van der Waals surface area (Å²) in [6.07, 6.45) is 0.954. The van der Waals surface area contributed by atoms with Crippen LogP contribution in [0, 0.1) is 5.82 Å². The maximum absolute atomic E-state index is 13.2. The Morgan fingerprint density at radius 3 is 2.53 bits per heavy atom. The van der Waals surface area contributed by atoms with Crippen molar-refractivity contribution in [2.24, 2.45) is 0 Å². The van der Waals surface area contributed by atoms with E-state index in [1.54, 1.807) is 26.4 Å². The predicted octanol–water partition coefficient (Wildman–Crippen LogP) is 5.14. The second-order valence-electron chi connectivity index (χ2n) is 7.88. The summed E-state index contributed by atoms with van der Waals surface area (Å²) in [4.78, 5) is 3.61. The molecule has 1 aliphatic rings. The molecule has 4 aromatic rings. The Bertz CT molecular complexity index is 1250. The van der Waals surface area contributed by atoms with Gasteiger partial charge in [0, 0.05) is 28.7 Å². The Morgan fingerprint density at radius 1 is 0.938 bits per heavy atom. The monoisotopic (exact) mass is 432 g/mol. The summed E-state index contributed by atoms with van der Waals surface area (Å²) in [6, 6.07) is 18.4. The van der Waals surface area contributed by atoms with Crippen LogP contribution in [-0.2, 0) is 13.0 Å². The van der Waals surface area contributed by atoms with Gasteiger partial charge in [0.25, 0.3) is 0 Å². The quantitative estimate of drug-likeness (QED) is 0.443. The van der Waals surface area contributed by atoms with Gasteiger partial charge in [0.1, 0.15) is 29.7 Å². The highest BCUT2D eigenvalue weighted by atomic mass is 19.1. The summed E-state index contributed by atoms with van der Waals surface area (Å²) in [6.45, 7) is 1.21. The number of halogens is 1. The molecule has 0 saturated heterocycles. The van der Waals surface area contributed by atoms with Gasteiger partial charge in [-0.05, 0) is 72.1 Å². The predicted molar refractivity (Wildman–Crippen MR) is 122 cm³/mol. The lowest BCUT2D eigenvalue weighted by atomic mass is 9.93. The van der Waals surface area contributed by atoms with Crippen molar-refractivity contribution in [2.45, 2.75) is 19.1 Å². The van der Waals surface area contributed by atoms with Crippen molar-refractivity contribution in [3.63, 3.8) is 0 Å². The summed E-state index contributed by atoms with van der Waals surface area (Å²) < 4.78 is 30.0. The molecule has 1 atom stereocenters. The minimum Gasteiger partial charge on any atom is -0.497 e. The smallest absolute Gasteiger partial charge is 0.125 e. The zero-order valence-corrected chi connectivity index (χ0v) is 18.1. The third-order valence-electron chi connectivity index (χ3n) is 6.00. The van der Waals surface area contributed by atoms with Crippen LogP contribution < -0.4 is 19.5 Å². The Morgan fingerprint density at radius 2 is 1.75 bits per heavy atom. The second kappa shape index (κ2) is 8.55. The molecule has 32 heavy (non-hydrogen) atoms. The first-order valence-electron chi connectivity index (χ1n) is 10.6. The molecule has 0 amide bonds. The maximum Gasteiger partial charge on any atom is 0.125 e. The van der Waals surface area contributed by atoms with Crippen molar-refractivity contribution in [1.82, 2.24) is 10.3 Å². The van der Waals surface area contributed by atoms with Crippen molar-refractivity contribution in [1.29, 1.82) is 0 Å². The Balaban J connectivity index is 1.47. The second-order valence-corrected chi connectivity index (χ2v) is 7.88. The van der Waals surface area contributed by atoms with Gasteiger partial charge in [0.15, 0.2) is 0 Å². The minimum absolute atomic E-state index is 0.0348. The first-order chi connectivity index (χ1) is 15.7. The Labute approximate surface area is 186 Å². The van der Waals surface area contributed by atoms with E-state index in [-0.39, 0.29) is 11.9 Å². The highest BCUT2D eigenvalue weighted by molar-refractivity contribution is 5.86. The number of H-pyrrole nitrogens is 1. The number of benzene rings is 3. The molecule has 6 heteroatoms. The van der Waals surface area contributed by atoms with E-state index < -0.39 is 0 Å².